The zero-order valence-corrected chi connectivity index (χ0v) is 16.7. The van der Waals surface area contributed by atoms with Crippen LogP contribution in [-0.4, -0.2) is 69.9 Å². The molecule has 0 saturated carbocycles. The fourth-order valence-electron chi connectivity index (χ4n) is 4.53. The van der Waals surface area contributed by atoms with Gasteiger partial charge in [-0.3, -0.25) is 14.8 Å². The van der Waals surface area contributed by atoms with E-state index < -0.39 is 0 Å². The average Bonchev–Trinajstić information content (AvgIpc) is 3.43. The molecular formula is C23H28N6. The number of nitrogens with zero attached hydrogens (tertiary/aromatic N) is 5. The highest BCUT2D eigenvalue weighted by molar-refractivity contribution is 5.62. The lowest BCUT2D eigenvalue weighted by atomic mass is 10.1. The van der Waals surface area contributed by atoms with Crippen LogP contribution in [-0.2, 0) is 6.54 Å². The summed E-state index contributed by atoms with van der Waals surface area (Å²) in [4.78, 5) is 9.55. The third-order valence-electron chi connectivity index (χ3n) is 6.06. The molecule has 4 heterocycles. The molecule has 29 heavy (non-hydrogen) atoms. The van der Waals surface area contributed by atoms with Gasteiger partial charge in [-0.15, -0.1) is 0 Å². The summed E-state index contributed by atoms with van der Waals surface area (Å²) in [6, 6.07) is 15.1. The number of para-hydroxylation sites is 1. The van der Waals surface area contributed by atoms with Crippen molar-refractivity contribution in [3.63, 3.8) is 0 Å². The molecule has 2 aliphatic heterocycles. The molecular weight excluding hydrogens is 360 g/mol. The van der Waals surface area contributed by atoms with Gasteiger partial charge in [-0.1, -0.05) is 18.2 Å². The van der Waals surface area contributed by atoms with Crippen LogP contribution in [0.15, 0.2) is 61.1 Å². The van der Waals surface area contributed by atoms with E-state index in [1.54, 1.807) is 0 Å². The maximum absolute atomic E-state index is 4.93. The maximum atomic E-state index is 4.93. The van der Waals surface area contributed by atoms with E-state index in [4.69, 9.17) is 5.10 Å². The van der Waals surface area contributed by atoms with Crippen LogP contribution < -0.4 is 5.32 Å². The minimum absolute atomic E-state index is 0.683. The van der Waals surface area contributed by atoms with Gasteiger partial charge in [0, 0.05) is 81.6 Å². The first-order valence-electron chi connectivity index (χ1n) is 10.6. The molecule has 2 saturated heterocycles. The van der Waals surface area contributed by atoms with Crippen molar-refractivity contribution >= 4 is 0 Å². The van der Waals surface area contributed by atoms with Crippen molar-refractivity contribution in [2.45, 2.75) is 19.0 Å². The number of likely N-dealkylation sites (tertiary alicyclic amines) is 1. The van der Waals surface area contributed by atoms with Gasteiger partial charge >= 0.3 is 0 Å². The Labute approximate surface area is 172 Å². The topological polar surface area (TPSA) is 49.2 Å². The van der Waals surface area contributed by atoms with Crippen LogP contribution in [0, 0.1) is 0 Å². The van der Waals surface area contributed by atoms with Gasteiger partial charge in [-0.05, 0) is 30.7 Å². The van der Waals surface area contributed by atoms with Crippen LogP contribution in [0.3, 0.4) is 0 Å². The van der Waals surface area contributed by atoms with E-state index in [0.29, 0.717) is 6.04 Å². The quantitative estimate of drug-likeness (QED) is 0.727. The number of pyridine rings is 1. The van der Waals surface area contributed by atoms with E-state index in [9.17, 15) is 0 Å². The molecule has 150 valence electrons. The number of piperazine rings is 1. The standard InChI is InChI=1S/C23H28N6/c1-2-6-21(7-3-1)29-17-20(23(26-29)19-5-4-9-25-15-19)16-27-12-8-22(18-27)28-13-10-24-11-14-28/h1-7,9,15,17,22,24H,8,10-14,16,18H2. The van der Waals surface area contributed by atoms with Gasteiger partial charge in [0.2, 0.25) is 0 Å². The van der Waals surface area contributed by atoms with Gasteiger partial charge in [0.15, 0.2) is 0 Å². The monoisotopic (exact) mass is 388 g/mol. The Hall–Kier alpha value is -2.54. The van der Waals surface area contributed by atoms with Crippen molar-refractivity contribution in [2.24, 2.45) is 0 Å². The van der Waals surface area contributed by atoms with Crippen molar-refractivity contribution < 1.29 is 0 Å². The molecule has 2 aliphatic rings. The summed E-state index contributed by atoms with van der Waals surface area (Å²) in [5.41, 5.74) is 4.47. The van der Waals surface area contributed by atoms with Crippen LogP contribution in [0.5, 0.6) is 0 Å². The van der Waals surface area contributed by atoms with E-state index in [-0.39, 0.29) is 0 Å². The van der Waals surface area contributed by atoms with Crippen LogP contribution in [0.4, 0.5) is 0 Å². The minimum atomic E-state index is 0.683. The van der Waals surface area contributed by atoms with Gasteiger partial charge in [0.05, 0.1) is 11.4 Å². The van der Waals surface area contributed by atoms with E-state index >= 15 is 0 Å². The Balaban J connectivity index is 1.38. The smallest absolute Gasteiger partial charge is 0.0988 e. The Morgan fingerprint density at radius 1 is 1.00 bits per heavy atom. The summed E-state index contributed by atoms with van der Waals surface area (Å²) in [7, 11) is 0. The summed E-state index contributed by atoms with van der Waals surface area (Å²) in [6.07, 6.45) is 7.18. The fourth-order valence-corrected chi connectivity index (χ4v) is 4.53. The van der Waals surface area contributed by atoms with Gasteiger partial charge in [0.25, 0.3) is 0 Å². The molecule has 6 heteroatoms. The normalized spacial score (nSPS) is 20.9. The molecule has 0 bridgehead atoms. The Morgan fingerprint density at radius 3 is 2.66 bits per heavy atom. The molecule has 1 unspecified atom stereocenters. The van der Waals surface area contributed by atoms with E-state index in [1.807, 2.05) is 29.2 Å². The predicted octanol–water partition coefficient (Wildman–Crippen LogP) is 2.41. The van der Waals surface area contributed by atoms with Crippen molar-refractivity contribution in [3.05, 3.63) is 66.6 Å². The lowest BCUT2D eigenvalue weighted by molar-refractivity contribution is 0.170. The van der Waals surface area contributed by atoms with Crippen LogP contribution in [0.25, 0.3) is 16.9 Å². The molecule has 1 N–H and O–H groups in total. The zero-order chi connectivity index (χ0) is 19.5. The second-order valence-corrected chi connectivity index (χ2v) is 7.99. The summed E-state index contributed by atoms with van der Waals surface area (Å²) in [5.74, 6) is 0. The number of hydrogen-bond donors (Lipinski definition) is 1. The van der Waals surface area contributed by atoms with Crippen molar-refractivity contribution in [3.8, 4) is 16.9 Å². The molecule has 1 aromatic carbocycles. The highest BCUT2D eigenvalue weighted by Gasteiger charge is 2.29. The molecule has 1 atom stereocenters. The van der Waals surface area contributed by atoms with Crippen molar-refractivity contribution in [2.75, 3.05) is 39.3 Å². The average molecular weight is 389 g/mol. The van der Waals surface area contributed by atoms with Gasteiger partial charge < -0.3 is 5.32 Å². The van der Waals surface area contributed by atoms with E-state index in [2.05, 4.69) is 56.6 Å². The first-order valence-corrected chi connectivity index (χ1v) is 10.6. The molecule has 6 nitrogen and oxygen atoms in total. The lowest BCUT2D eigenvalue weighted by Crippen LogP contribution is -2.49. The largest absolute Gasteiger partial charge is 0.314 e. The highest BCUT2D eigenvalue weighted by Crippen LogP contribution is 2.26. The number of aromatic nitrogens is 3. The predicted molar refractivity (Wildman–Crippen MR) is 115 cm³/mol. The van der Waals surface area contributed by atoms with E-state index in [0.717, 1.165) is 49.7 Å². The first kappa shape index (κ1) is 18.5. The number of hydrogen-bond acceptors (Lipinski definition) is 5. The summed E-state index contributed by atoms with van der Waals surface area (Å²) in [6.45, 7) is 7.80. The van der Waals surface area contributed by atoms with Crippen molar-refractivity contribution in [1.29, 1.82) is 0 Å². The van der Waals surface area contributed by atoms with Crippen LogP contribution in [0.2, 0.25) is 0 Å². The summed E-state index contributed by atoms with van der Waals surface area (Å²) in [5, 5.41) is 8.39. The second-order valence-electron chi connectivity index (χ2n) is 7.99. The molecule has 0 amide bonds. The SMILES string of the molecule is c1ccc(-n2cc(CN3CCC(N4CCNCC4)C3)c(-c3cccnc3)n2)cc1. The summed E-state index contributed by atoms with van der Waals surface area (Å²) >= 11 is 0. The molecule has 3 aromatic rings. The third kappa shape index (κ3) is 4.10. The molecule has 0 spiro atoms. The van der Waals surface area contributed by atoms with Crippen LogP contribution >= 0.6 is 0 Å². The molecule has 5 rings (SSSR count). The number of benzene rings is 1. The number of rotatable bonds is 5. The van der Waals surface area contributed by atoms with Gasteiger partial charge in [0.1, 0.15) is 0 Å². The fraction of sp³-hybridized carbons (Fsp3) is 0.391. The van der Waals surface area contributed by atoms with Crippen molar-refractivity contribution in [1.82, 2.24) is 29.9 Å². The first-order chi connectivity index (χ1) is 14.4. The summed E-state index contributed by atoms with van der Waals surface area (Å²) < 4.78 is 2.00. The number of nitrogens with one attached hydrogen (secondary N) is 1. The lowest BCUT2D eigenvalue weighted by Gasteiger charge is -2.32. The Bertz CT molecular complexity index is 917. The second kappa shape index (κ2) is 8.45. The van der Waals surface area contributed by atoms with E-state index in [1.165, 1.54) is 25.1 Å². The third-order valence-corrected chi connectivity index (χ3v) is 6.06. The Morgan fingerprint density at radius 2 is 1.86 bits per heavy atom. The molecule has 2 fully saturated rings. The Kier molecular flexibility index (Phi) is 5.39. The zero-order valence-electron chi connectivity index (χ0n) is 16.7. The van der Waals surface area contributed by atoms with Crippen LogP contribution in [0.1, 0.15) is 12.0 Å². The highest BCUT2D eigenvalue weighted by atomic mass is 15.3. The van der Waals surface area contributed by atoms with Gasteiger partial charge in [-0.25, -0.2) is 4.68 Å². The molecule has 0 aliphatic carbocycles. The minimum Gasteiger partial charge on any atom is -0.314 e. The maximum Gasteiger partial charge on any atom is 0.0988 e. The molecule has 0 radical (unpaired) electrons. The molecule has 2 aromatic heterocycles. The van der Waals surface area contributed by atoms with Gasteiger partial charge in [-0.2, -0.15) is 5.10 Å².